The van der Waals surface area contributed by atoms with E-state index in [9.17, 15) is 4.79 Å². The third-order valence-corrected chi connectivity index (χ3v) is 4.65. The van der Waals surface area contributed by atoms with Crippen molar-refractivity contribution < 1.29 is 4.79 Å². The lowest BCUT2D eigenvalue weighted by Crippen LogP contribution is -2.24. The van der Waals surface area contributed by atoms with Gasteiger partial charge in [0.2, 0.25) is 5.91 Å². The molecule has 0 bridgehead atoms. The van der Waals surface area contributed by atoms with Crippen molar-refractivity contribution in [3.05, 3.63) is 58.5 Å². The molecule has 2 aromatic heterocycles. The highest BCUT2D eigenvalue weighted by molar-refractivity contribution is 7.08. The minimum Gasteiger partial charge on any atom is -0.273 e. The molecule has 0 fully saturated rings. The number of thiophene rings is 1. The van der Waals surface area contributed by atoms with Gasteiger partial charge in [0.15, 0.2) is 0 Å². The molecule has 6 heteroatoms. The van der Waals surface area contributed by atoms with Crippen LogP contribution in [0.1, 0.15) is 30.5 Å². The van der Waals surface area contributed by atoms with Crippen molar-refractivity contribution in [3.8, 4) is 0 Å². The molecule has 1 aliphatic rings. The van der Waals surface area contributed by atoms with Gasteiger partial charge in [-0.05, 0) is 34.5 Å². The lowest BCUT2D eigenvalue weighted by Gasteiger charge is -2.20. The van der Waals surface area contributed by atoms with Crippen molar-refractivity contribution in [3.63, 3.8) is 0 Å². The standard InChI is InChI=1S/C17H14N4OS/c1-11(22)21-17(9-15(20-21)13-4-7-23-10-13)12-2-3-14-16(8-12)19-6-5-18-14/h2-8,10,17H,9H2,1H3/t17-/m0/s1. The summed E-state index contributed by atoms with van der Waals surface area (Å²) in [6.07, 6.45) is 4.07. The first kappa shape index (κ1) is 14.0. The number of rotatable bonds is 2. The van der Waals surface area contributed by atoms with Gasteiger partial charge in [-0.25, -0.2) is 5.01 Å². The summed E-state index contributed by atoms with van der Waals surface area (Å²) in [6, 6.07) is 7.89. The number of amides is 1. The van der Waals surface area contributed by atoms with Crippen LogP contribution in [0.15, 0.2) is 52.5 Å². The van der Waals surface area contributed by atoms with E-state index < -0.39 is 0 Å². The van der Waals surface area contributed by atoms with E-state index in [0.29, 0.717) is 6.42 Å². The SMILES string of the molecule is CC(=O)N1N=C(c2ccsc2)C[C@H]1c1ccc2nccnc2c1. The van der Waals surface area contributed by atoms with E-state index in [0.717, 1.165) is 27.9 Å². The Morgan fingerprint density at radius 2 is 2.04 bits per heavy atom. The Bertz CT molecular complexity index is 904. The number of benzene rings is 1. The van der Waals surface area contributed by atoms with Crippen molar-refractivity contribution >= 4 is 34.0 Å². The van der Waals surface area contributed by atoms with Gasteiger partial charge in [-0.1, -0.05) is 6.07 Å². The van der Waals surface area contributed by atoms with E-state index in [1.165, 1.54) is 0 Å². The summed E-state index contributed by atoms with van der Waals surface area (Å²) < 4.78 is 0. The van der Waals surface area contributed by atoms with Crippen molar-refractivity contribution in [1.29, 1.82) is 0 Å². The number of hydrazone groups is 1. The van der Waals surface area contributed by atoms with Crippen LogP contribution in [0.5, 0.6) is 0 Å². The van der Waals surface area contributed by atoms with Gasteiger partial charge in [-0.3, -0.25) is 14.8 Å². The lowest BCUT2D eigenvalue weighted by atomic mass is 9.99. The molecule has 1 atom stereocenters. The Morgan fingerprint density at radius 1 is 1.22 bits per heavy atom. The summed E-state index contributed by atoms with van der Waals surface area (Å²) in [5, 5.41) is 10.2. The van der Waals surface area contributed by atoms with Crippen molar-refractivity contribution in [2.75, 3.05) is 0 Å². The maximum absolute atomic E-state index is 12.0. The Kier molecular flexibility index (Phi) is 3.38. The van der Waals surface area contributed by atoms with Crippen LogP contribution in [0.25, 0.3) is 11.0 Å². The fourth-order valence-corrected chi connectivity index (χ4v) is 3.52. The molecular weight excluding hydrogens is 308 g/mol. The molecule has 23 heavy (non-hydrogen) atoms. The van der Waals surface area contributed by atoms with E-state index in [-0.39, 0.29) is 11.9 Å². The topological polar surface area (TPSA) is 58.5 Å². The van der Waals surface area contributed by atoms with E-state index in [1.807, 2.05) is 29.6 Å². The number of fused-ring (bicyclic) bond motifs is 1. The summed E-state index contributed by atoms with van der Waals surface area (Å²) in [5.41, 5.74) is 4.75. The minimum atomic E-state index is -0.0891. The maximum Gasteiger partial charge on any atom is 0.240 e. The average Bonchev–Trinajstić information content (AvgIpc) is 3.23. The van der Waals surface area contributed by atoms with Crippen LogP contribution < -0.4 is 0 Å². The minimum absolute atomic E-state index is 0.0560. The van der Waals surface area contributed by atoms with Gasteiger partial charge in [0.25, 0.3) is 0 Å². The Morgan fingerprint density at radius 3 is 2.78 bits per heavy atom. The smallest absolute Gasteiger partial charge is 0.240 e. The first-order valence-corrected chi connectivity index (χ1v) is 8.27. The molecule has 3 aromatic rings. The molecule has 0 spiro atoms. The quantitative estimate of drug-likeness (QED) is 0.726. The zero-order chi connectivity index (χ0) is 15.8. The molecule has 5 nitrogen and oxygen atoms in total. The van der Waals surface area contributed by atoms with Gasteiger partial charge >= 0.3 is 0 Å². The summed E-state index contributed by atoms with van der Waals surface area (Å²) in [7, 11) is 0. The van der Waals surface area contributed by atoms with Crippen LogP contribution >= 0.6 is 11.3 Å². The largest absolute Gasteiger partial charge is 0.273 e. The van der Waals surface area contributed by atoms with E-state index in [1.54, 1.807) is 35.7 Å². The van der Waals surface area contributed by atoms with Crippen molar-refractivity contribution in [1.82, 2.24) is 15.0 Å². The highest BCUT2D eigenvalue weighted by Gasteiger charge is 2.31. The molecule has 114 valence electrons. The van der Waals surface area contributed by atoms with Gasteiger partial charge in [-0.15, -0.1) is 0 Å². The summed E-state index contributed by atoms with van der Waals surface area (Å²) in [5.74, 6) is -0.0560. The van der Waals surface area contributed by atoms with Gasteiger partial charge in [0, 0.05) is 31.3 Å². The second-order valence-corrected chi connectivity index (χ2v) is 6.23. The maximum atomic E-state index is 12.0. The number of carbonyl (C=O) groups is 1. The average molecular weight is 322 g/mol. The zero-order valence-corrected chi connectivity index (χ0v) is 13.3. The first-order valence-electron chi connectivity index (χ1n) is 7.33. The van der Waals surface area contributed by atoms with Crippen LogP contribution in [0.3, 0.4) is 0 Å². The Labute approximate surface area is 137 Å². The summed E-state index contributed by atoms with van der Waals surface area (Å²) in [6.45, 7) is 1.55. The number of hydrogen-bond acceptors (Lipinski definition) is 5. The monoisotopic (exact) mass is 322 g/mol. The van der Waals surface area contributed by atoms with Crippen LogP contribution in [-0.2, 0) is 4.79 Å². The van der Waals surface area contributed by atoms with E-state index in [4.69, 9.17) is 0 Å². The number of nitrogens with zero attached hydrogens (tertiary/aromatic N) is 4. The molecule has 0 unspecified atom stereocenters. The number of carbonyl (C=O) groups excluding carboxylic acids is 1. The molecule has 1 aliphatic heterocycles. The van der Waals surface area contributed by atoms with Crippen molar-refractivity contribution in [2.45, 2.75) is 19.4 Å². The van der Waals surface area contributed by atoms with Crippen LogP contribution in [-0.4, -0.2) is 26.6 Å². The Balaban J connectivity index is 1.73. The molecule has 3 heterocycles. The molecular formula is C17H14N4OS. The number of hydrogen-bond donors (Lipinski definition) is 0. The van der Waals surface area contributed by atoms with E-state index in [2.05, 4.69) is 20.4 Å². The predicted molar refractivity (Wildman–Crippen MR) is 90.3 cm³/mol. The normalized spacial score (nSPS) is 17.5. The molecule has 0 saturated carbocycles. The lowest BCUT2D eigenvalue weighted by molar-refractivity contribution is -0.130. The molecule has 0 radical (unpaired) electrons. The van der Waals surface area contributed by atoms with Crippen LogP contribution in [0.2, 0.25) is 0 Å². The highest BCUT2D eigenvalue weighted by atomic mass is 32.1. The highest BCUT2D eigenvalue weighted by Crippen LogP contribution is 2.34. The van der Waals surface area contributed by atoms with Gasteiger partial charge < -0.3 is 0 Å². The molecule has 1 aromatic carbocycles. The predicted octanol–water partition coefficient (Wildman–Crippen LogP) is 3.39. The fraction of sp³-hybridized carbons (Fsp3) is 0.176. The molecule has 0 N–H and O–H groups in total. The van der Waals surface area contributed by atoms with Gasteiger partial charge in [0.1, 0.15) is 0 Å². The van der Waals surface area contributed by atoms with Gasteiger partial charge in [-0.2, -0.15) is 16.4 Å². The fourth-order valence-electron chi connectivity index (χ4n) is 2.85. The zero-order valence-electron chi connectivity index (χ0n) is 12.5. The molecule has 4 rings (SSSR count). The molecule has 0 aliphatic carbocycles. The van der Waals surface area contributed by atoms with E-state index >= 15 is 0 Å². The Hall–Kier alpha value is -2.60. The molecule has 0 saturated heterocycles. The first-order chi connectivity index (χ1) is 11.2. The summed E-state index contributed by atoms with van der Waals surface area (Å²) >= 11 is 1.63. The third-order valence-electron chi connectivity index (χ3n) is 3.97. The van der Waals surface area contributed by atoms with Gasteiger partial charge in [0.05, 0.1) is 22.8 Å². The second kappa shape index (κ2) is 5.55. The number of aromatic nitrogens is 2. The van der Waals surface area contributed by atoms with Crippen molar-refractivity contribution in [2.24, 2.45) is 5.10 Å². The molecule has 1 amide bonds. The van der Waals surface area contributed by atoms with Crippen LogP contribution in [0, 0.1) is 0 Å². The van der Waals surface area contributed by atoms with Crippen LogP contribution in [0.4, 0.5) is 0 Å². The summed E-state index contributed by atoms with van der Waals surface area (Å²) in [4.78, 5) is 20.6. The third kappa shape index (κ3) is 2.51. The second-order valence-electron chi connectivity index (χ2n) is 5.45.